The first kappa shape index (κ1) is 12.1. The summed E-state index contributed by atoms with van der Waals surface area (Å²) in [6.07, 6.45) is 3.72. The van der Waals surface area contributed by atoms with E-state index in [9.17, 15) is 0 Å². The van der Waals surface area contributed by atoms with Crippen LogP contribution < -0.4 is 5.32 Å². The molecule has 0 aromatic heterocycles. The maximum atomic E-state index is 9.03. The number of aliphatic hydroxyl groups excluding tert-OH is 1. The molecule has 2 heteroatoms. The van der Waals surface area contributed by atoms with Crippen LogP contribution in [0.25, 0.3) is 0 Å². The molecule has 0 aliphatic rings. The van der Waals surface area contributed by atoms with E-state index in [-0.39, 0.29) is 6.61 Å². The van der Waals surface area contributed by atoms with Gasteiger partial charge in [-0.1, -0.05) is 31.9 Å². The van der Waals surface area contributed by atoms with Crippen molar-refractivity contribution in [2.75, 3.05) is 11.9 Å². The number of hydrogen-bond acceptors (Lipinski definition) is 2. The van der Waals surface area contributed by atoms with Gasteiger partial charge in [-0.05, 0) is 30.5 Å². The van der Waals surface area contributed by atoms with Gasteiger partial charge in [0.25, 0.3) is 0 Å². The summed E-state index contributed by atoms with van der Waals surface area (Å²) in [5.74, 6) is 0. The molecule has 0 aliphatic heterocycles. The van der Waals surface area contributed by atoms with E-state index in [1.54, 1.807) is 0 Å². The predicted molar refractivity (Wildman–Crippen MR) is 65.1 cm³/mol. The van der Waals surface area contributed by atoms with Crippen molar-refractivity contribution in [3.63, 3.8) is 0 Å². The zero-order valence-electron chi connectivity index (χ0n) is 9.71. The highest BCUT2D eigenvalue weighted by Crippen LogP contribution is 2.17. The summed E-state index contributed by atoms with van der Waals surface area (Å²) < 4.78 is 0. The molecule has 0 heterocycles. The number of aliphatic hydroxyl groups is 1. The van der Waals surface area contributed by atoms with Gasteiger partial charge in [-0.15, -0.1) is 0 Å². The SMILES string of the molecule is CCCCCNc1cc(CO)ccc1C. The molecule has 0 amide bonds. The number of nitrogens with one attached hydrogen (secondary N) is 1. The van der Waals surface area contributed by atoms with Crippen LogP contribution in [0, 0.1) is 6.92 Å². The van der Waals surface area contributed by atoms with Crippen molar-refractivity contribution in [2.24, 2.45) is 0 Å². The van der Waals surface area contributed by atoms with Gasteiger partial charge >= 0.3 is 0 Å². The third-order valence-electron chi connectivity index (χ3n) is 2.58. The molecule has 1 aromatic rings. The van der Waals surface area contributed by atoms with Gasteiger partial charge in [-0.25, -0.2) is 0 Å². The van der Waals surface area contributed by atoms with Crippen molar-refractivity contribution in [1.82, 2.24) is 0 Å². The molecular formula is C13H21NO. The molecule has 15 heavy (non-hydrogen) atoms. The van der Waals surface area contributed by atoms with E-state index in [4.69, 9.17) is 5.11 Å². The Bertz CT molecular complexity index is 297. The highest BCUT2D eigenvalue weighted by Gasteiger charge is 1.98. The lowest BCUT2D eigenvalue weighted by molar-refractivity contribution is 0.282. The topological polar surface area (TPSA) is 32.3 Å². The highest BCUT2D eigenvalue weighted by molar-refractivity contribution is 5.52. The van der Waals surface area contributed by atoms with Gasteiger partial charge in [0.05, 0.1) is 6.61 Å². The number of unbranched alkanes of at least 4 members (excludes halogenated alkanes) is 2. The normalized spacial score (nSPS) is 10.3. The summed E-state index contributed by atoms with van der Waals surface area (Å²) in [6.45, 7) is 5.43. The largest absolute Gasteiger partial charge is 0.392 e. The molecule has 2 N–H and O–H groups in total. The second-order valence-electron chi connectivity index (χ2n) is 3.94. The number of hydrogen-bond donors (Lipinski definition) is 2. The van der Waals surface area contributed by atoms with Crippen molar-refractivity contribution < 1.29 is 5.11 Å². The van der Waals surface area contributed by atoms with Gasteiger partial charge < -0.3 is 10.4 Å². The van der Waals surface area contributed by atoms with Crippen LogP contribution in [0.15, 0.2) is 18.2 Å². The molecule has 0 saturated heterocycles. The molecular weight excluding hydrogens is 186 g/mol. The van der Waals surface area contributed by atoms with Crippen molar-refractivity contribution in [1.29, 1.82) is 0 Å². The Hall–Kier alpha value is -1.02. The molecule has 0 aliphatic carbocycles. The van der Waals surface area contributed by atoms with Crippen molar-refractivity contribution in [3.05, 3.63) is 29.3 Å². The Balaban J connectivity index is 2.51. The van der Waals surface area contributed by atoms with Crippen LogP contribution in [0.2, 0.25) is 0 Å². The Morgan fingerprint density at radius 1 is 1.27 bits per heavy atom. The summed E-state index contributed by atoms with van der Waals surface area (Å²) in [5.41, 5.74) is 3.36. The molecule has 0 unspecified atom stereocenters. The van der Waals surface area contributed by atoms with Gasteiger partial charge in [0.1, 0.15) is 0 Å². The average Bonchev–Trinajstić information content (AvgIpc) is 2.26. The first-order valence-corrected chi connectivity index (χ1v) is 5.72. The fraction of sp³-hybridized carbons (Fsp3) is 0.538. The van der Waals surface area contributed by atoms with Crippen LogP contribution in [0.3, 0.4) is 0 Å². The van der Waals surface area contributed by atoms with Crippen molar-refractivity contribution >= 4 is 5.69 Å². The number of rotatable bonds is 6. The average molecular weight is 207 g/mol. The summed E-state index contributed by atoms with van der Waals surface area (Å²) in [7, 11) is 0. The fourth-order valence-electron chi connectivity index (χ4n) is 1.56. The van der Waals surface area contributed by atoms with Crippen LogP contribution in [0.1, 0.15) is 37.3 Å². The molecule has 1 aromatic carbocycles. The lowest BCUT2D eigenvalue weighted by Gasteiger charge is -2.10. The molecule has 2 nitrogen and oxygen atoms in total. The zero-order valence-corrected chi connectivity index (χ0v) is 9.71. The summed E-state index contributed by atoms with van der Waals surface area (Å²) in [5, 5.41) is 12.4. The Labute approximate surface area is 92.3 Å². The van der Waals surface area contributed by atoms with Gasteiger partial charge in [0, 0.05) is 12.2 Å². The third kappa shape index (κ3) is 3.92. The van der Waals surface area contributed by atoms with E-state index in [0.717, 1.165) is 17.8 Å². The van der Waals surface area contributed by atoms with Crippen molar-refractivity contribution in [2.45, 2.75) is 39.7 Å². The first-order valence-electron chi connectivity index (χ1n) is 5.72. The van der Waals surface area contributed by atoms with Gasteiger partial charge in [0.2, 0.25) is 0 Å². The van der Waals surface area contributed by atoms with Crippen molar-refractivity contribution in [3.8, 4) is 0 Å². The van der Waals surface area contributed by atoms with E-state index < -0.39 is 0 Å². The quantitative estimate of drug-likeness (QED) is 0.703. The van der Waals surface area contributed by atoms with Gasteiger partial charge in [-0.2, -0.15) is 0 Å². The maximum absolute atomic E-state index is 9.03. The predicted octanol–water partition coefficient (Wildman–Crippen LogP) is 3.09. The van der Waals surface area contributed by atoms with E-state index in [0.29, 0.717) is 0 Å². The zero-order chi connectivity index (χ0) is 11.1. The van der Waals surface area contributed by atoms with E-state index in [2.05, 4.69) is 19.2 Å². The molecule has 0 radical (unpaired) electrons. The Kier molecular flexibility index (Phi) is 5.19. The van der Waals surface area contributed by atoms with Crippen LogP contribution in [0.5, 0.6) is 0 Å². The first-order chi connectivity index (χ1) is 7.27. The molecule has 1 rings (SSSR count). The summed E-state index contributed by atoms with van der Waals surface area (Å²) in [6, 6.07) is 6.04. The molecule has 84 valence electrons. The highest BCUT2D eigenvalue weighted by atomic mass is 16.3. The smallest absolute Gasteiger partial charge is 0.0682 e. The number of aryl methyl sites for hydroxylation is 1. The van der Waals surface area contributed by atoms with E-state index >= 15 is 0 Å². The second-order valence-corrected chi connectivity index (χ2v) is 3.94. The minimum atomic E-state index is 0.115. The minimum Gasteiger partial charge on any atom is -0.392 e. The van der Waals surface area contributed by atoms with Crippen LogP contribution in [-0.4, -0.2) is 11.7 Å². The Morgan fingerprint density at radius 3 is 2.73 bits per heavy atom. The van der Waals surface area contributed by atoms with Crippen LogP contribution >= 0.6 is 0 Å². The number of benzene rings is 1. The third-order valence-corrected chi connectivity index (χ3v) is 2.58. The van der Waals surface area contributed by atoms with Gasteiger partial charge in [0.15, 0.2) is 0 Å². The summed E-state index contributed by atoms with van der Waals surface area (Å²) >= 11 is 0. The van der Waals surface area contributed by atoms with E-state index in [1.165, 1.54) is 24.8 Å². The fourth-order valence-corrected chi connectivity index (χ4v) is 1.56. The lowest BCUT2D eigenvalue weighted by atomic mass is 10.1. The van der Waals surface area contributed by atoms with Crippen LogP contribution in [0.4, 0.5) is 5.69 Å². The minimum absolute atomic E-state index is 0.115. The van der Waals surface area contributed by atoms with Crippen LogP contribution in [-0.2, 0) is 6.61 Å². The summed E-state index contributed by atoms with van der Waals surface area (Å²) in [4.78, 5) is 0. The molecule has 0 spiro atoms. The van der Waals surface area contributed by atoms with E-state index in [1.807, 2.05) is 18.2 Å². The lowest BCUT2D eigenvalue weighted by Crippen LogP contribution is -2.03. The number of anilines is 1. The molecule has 0 saturated carbocycles. The monoisotopic (exact) mass is 207 g/mol. The molecule has 0 fully saturated rings. The standard InChI is InChI=1S/C13H21NO/c1-3-4-5-8-14-13-9-12(10-15)7-6-11(13)2/h6-7,9,14-15H,3-5,8,10H2,1-2H3. The Morgan fingerprint density at radius 2 is 2.07 bits per heavy atom. The second kappa shape index (κ2) is 6.46. The molecule has 0 atom stereocenters. The maximum Gasteiger partial charge on any atom is 0.0682 e. The molecule has 0 bridgehead atoms. The van der Waals surface area contributed by atoms with Gasteiger partial charge in [-0.3, -0.25) is 0 Å².